The Bertz CT molecular complexity index is 723. The van der Waals surface area contributed by atoms with Gasteiger partial charge in [0.05, 0.1) is 13.2 Å². The summed E-state index contributed by atoms with van der Waals surface area (Å²) in [5.74, 6) is -0.153. The van der Waals surface area contributed by atoms with Crippen molar-refractivity contribution in [3.63, 3.8) is 0 Å². The molecule has 1 aromatic carbocycles. The first-order valence-corrected chi connectivity index (χ1v) is 10.3. The van der Waals surface area contributed by atoms with Gasteiger partial charge in [-0.15, -0.1) is 0 Å². The zero-order valence-electron chi connectivity index (χ0n) is 15.7. The van der Waals surface area contributed by atoms with Crippen LogP contribution in [-0.2, 0) is 20.7 Å². The predicted octanol–water partition coefficient (Wildman–Crippen LogP) is 1.35. The lowest BCUT2D eigenvalue weighted by atomic mass is 10.1. The van der Waals surface area contributed by atoms with E-state index in [1.807, 2.05) is 6.92 Å². The average molecular weight is 410 g/mol. The van der Waals surface area contributed by atoms with E-state index in [1.165, 1.54) is 12.1 Å². The van der Waals surface area contributed by atoms with Crippen molar-refractivity contribution < 1.29 is 27.8 Å². The Balaban J connectivity index is 1.54. The highest BCUT2D eigenvalue weighted by Gasteiger charge is 2.32. The normalized spacial score (nSPS) is 21.9. The molecule has 154 valence electrons. The minimum atomic E-state index is -2.41. The van der Waals surface area contributed by atoms with E-state index in [1.54, 1.807) is 21.9 Å². The standard InChI is InChI=1S/C18H25N3O6S/c1-13-12-20(18(23)27-16-6-10-26-11-7-16)8-9-21(13)17(22)14-2-4-15(5-3-14)19-28(24)25/h2-5,13,16,19H,6-12H2,1H3,(H,24,25)/p-1/t13-/m1/s1. The van der Waals surface area contributed by atoms with Crippen LogP contribution in [0.1, 0.15) is 30.1 Å². The molecule has 28 heavy (non-hydrogen) atoms. The lowest BCUT2D eigenvalue weighted by molar-refractivity contribution is -0.0173. The van der Waals surface area contributed by atoms with Crippen LogP contribution in [0.15, 0.2) is 24.3 Å². The molecule has 0 aromatic heterocycles. The number of nitrogens with zero attached hydrogens (tertiary/aromatic N) is 2. The summed E-state index contributed by atoms with van der Waals surface area (Å²) in [5.41, 5.74) is 0.853. The summed E-state index contributed by atoms with van der Waals surface area (Å²) < 4.78 is 34.4. The summed E-state index contributed by atoms with van der Waals surface area (Å²) in [5, 5.41) is 0. The summed E-state index contributed by atoms with van der Waals surface area (Å²) in [6, 6.07) is 6.08. The second-order valence-corrected chi connectivity index (χ2v) is 7.58. The van der Waals surface area contributed by atoms with Gasteiger partial charge in [-0.05, 0) is 31.2 Å². The third-order valence-corrected chi connectivity index (χ3v) is 5.32. The topological polar surface area (TPSA) is 111 Å². The minimum absolute atomic E-state index is 0.105. The van der Waals surface area contributed by atoms with Crippen LogP contribution in [0.4, 0.5) is 10.5 Å². The van der Waals surface area contributed by atoms with Crippen molar-refractivity contribution in [1.82, 2.24) is 9.80 Å². The Hall–Kier alpha value is -2.17. The minimum Gasteiger partial charge on any atom is -0.755 e. The summed E-state index contributed by atoms with van der Waals surface area (Å²) >= 11 is -2.41. The van der Waals surface area contributed by atoms with Crippen LogP contribution >= 0.6 is 0 Å². The molecule has 2 aliphatic rings. The second-order valence-electron chi connectivity index (χ2n) is 6.90. The van der Waals surface area contributed by atoms with Crippen molar-refractivity contribution in [3.8, 4) is 0 Å². The lowest BCUT2D eigenvalue weighted by Crippen LogP contribution is -2.55. The molecule has 0 saturated carbocycles. The van der Waals surface area contributed by atoms with Gasteiger partial charge in [0.25, 0.3) is 5.91 Å². The van der Waals surface area contributed by atoms with Crippen LogP contribution in [0.5, 0.6) is 0 Å². The number of carbonyl (C=O) groups is 2. The first-order chi connectivity index (χ1) is 13.4. The van der Waals surface area contributed by atoms with Gasteiger partial charge in [0.15, 0.2) is 0 Å². The van der Waals surface area contributed by atoms with E-state index in [2.05, 4.69) is 4.72 Å². The van der Waals surface area contributed by atoms with E-state index >= 15 is 0 Å². The van der Waals surface area contributed by atoms with Gasteiger partial charge in [-0.3, -0.25) is 9.00 Å². The van der Waals surface area contributed by atoms with Crippen LogP contribution in [0, 0.1) is 0 Å². The highest BCUT2D eigenvalue weighted by atomic mass is 32.2. The smallest absolute Gasteiger partial charge is 0.410 e. The molecule has 0 spiro atoms. The van der Waals surface area contributed by atoms with Gasteiger partial charge >= 0.3 is 6.09 Å². The molecule has 1 aromatic rings. The molecule has 1 N–H and O–H groups in total. The third kappa shape index (κ3) is 5.21. The van der Waals surface area contributed by atoms with Gasteiger partial charge in [-0.25, -0.2) is 4.79 Å². The molecule has 9 nitrogen and oxygen atoms in total. The van der Waals surface area contributed by atoms with E-state index in [0.29, 0.717) is 56.9 Å². The van der Waals surface area contributed by atoms with Crippen molar-refractivity contribution in [1.29, 1.82) is 0 Å². The maximum Gasteiger partial charge on any atom is 0.410 e. The number of rotatable bonds is 4. The van der Waals surface area contributed by atoms with Crippen molar-refractivity contribution in [2.45, 2.75) is 31.9 Å². The lowest BCUT2D eigenvalue weighted by Gasteiger charge is -2.40. The van der Waals surface area contributed by atoms with E-state index in [0.717, 1.165) is 0 Å². The Morgan fingerprint density at radius 3 is 2.50 bits per heavy atom. The number of amides is 2. The van der Waals surface area contributed by atoms with Crippen molar-refractivity contribution in [2.75, 3.05) is 37.6 Å². The number of piperazine rings is 1. The van der Waals surface area contributed by atoms with E-state index in [-0.39, 0.29) is 24.1 Å². The van der Waals surface area contributed by atoms with Gasteiger partial charge in [-0.2, -0.15) is 0 Å². The molecule has 2 heterocycles. The average Bonchev–Trinajstić information content (AvgIpc) is 2.68. The van der Waals surface area contributed by atoms with E-state index in [4.69, 9.17) is 9.47 Å². The first-order valence-electron chi connectivity index (χ1n) is 9.24. The first kappa shape index (κ1) is 20.6. The van der Waals surface area contributed by atoms with Gasteiger partial charge < -0.3 is 28.5 Å². The molecule has 0 aliphatic carbocycles. The zero-order chi connectivity index (χ0) is 20.1. The number of hydrogen-bond donors (Lipinski definition) is 1. The van der Waals surface area contributed by atoms with Gasteiger partial charge in [0.1, 0.15) is 6.10 Å². The summed E-state index contributed by atoms with van der Waals surface area (Å²) in [7, 11) is 0. The van der Waals surface area contributed by atoms with Gasteiger partial charge in [0, 0.05) is 61.0 Å². The molecular weight excluding hydrogens is 386 g/mol. The summed E-state index contributed by atoms with van der Waals surface area (Å²) in [4.78, 5) is 28.5. The zero-order valence-corrected chi connectivity index (χ0v) is 16.5. The number of carbonyl (C=O) groups excluding carboxylic acids is 2. The van der Waals surface area contributed by atoms with Crippen LogP contribution < -0.4 is 4.72 Å². The monoisotopic (exact) mass is 410 g/mol. The molecule has 10 heteroatoms. The van der Waals surface area contributed by atoms with Crippen molar-refractivity contribution in [2.24, 2.45) is 0 Å². The van der Waals surface area contributed by atoms with Crippen LogP contribution in [0.3, 0.4) is 0 Å². The maximum atomic E-state index is 12.8. The molecule has 2 atom stereocenters. The Labute approximate surface area is 166 Å². The van der Waals surface area contributed by atoms with E-state index < -0.39 is 11.3 Å². The number of ether oxygens (including phenoxy) is 2. The fourth-order valence-electron chi connectivity index (χ4n) is 3.38. The van der Waals surface area contributed by atoms with Crippen molar-refractivity contribution >= 4 is 29.0 Å². The van der Waals surface area contributed by atoms with Crippen molar-refractivity contribution in [3.05, 3.63) is 29.8 Å². The molecular formula is C18H24N3O6S-. The number of benzene rings is 1. The highest BCUT2D eigenvalue weighted by Crippen LogP contribution is 2.18. The Kier molecular flexibility index (Phi) is 6.87. The number of hydrogen-bond acceptors (Lipinski definition) is 6. The second kappa shape index (κ2) is 9.35. The fourth-order valence-corrected chi connectivity index (χ4v) is 3.71. The molecule has 2 amide bonds. The summed E-state index contributed by atoms with van der Waals surface area (Å²) in [6.45, 7) is 4.33. The largest absolute Gasteiger partial charge is 0.755 e. The third-order valence-electron chi connectivity index (χ3n) is 4.92. The SMILES string of the molecule is C[C@@H]1CN(C(=O)OC2CCOCC2)CCN1C(=O)c1ccc(NS(=O)[O-])cc1. The van der Waals surface area contributed by atoms with Crippen LogP contribution in [0.25, 0.3) is 0 Å². The highest BCUT2D eigenvalue weighted by molar-refractivity contribution is 7.80. The Morgan fingerprint density at radius 1 is 1.21 bits per heavy atom. The number of nitrogens with one attached hydrogen (secondary N) is 1. The predicted molar refractivity (Wildman–Crippen MR) is 101 cm³/mol. The number of anilines is 1. The summed E-state index contributed by atoms with van der Waals surface area (Å²) in [6.07, 6.45) is 0.980. The molecule has 0 radical (unpaired) electrons. The quantitative estimate of drug-likeness (QED) is 0.750. The van der Waals surface area contributed by atoms with Gasteiger partial charge in [0.2, 0.25) is 0 Å². The van der Waals surface area contributed by atoms with E-state index in [9.17, 15) is 18.4 Å². The molecule has 2 aliphatic heterocycles. The maximum absolute atomic E-state index is 12.8. The molecule has 0 bridgehead atoms. The molecule has 3 rings (SSSR count). The fraction of sp³-hybridized carbons (Fsp3) is 0.556. The Morgan fingerprint density at radius 2 is 1.89 bits per heavy atom. The van der Waals surface area contributed by atoms with Crippen LogP contribution in [0.2, 0.25) is 0 Å². The molecule has 2 fully saturated rings. The van der Waals surface area contributed by atoms with Crippen LogP contribution in [-0.4, -0.2) is 75.6 Å². The van der Waals surface area contributed by atoms with Gasteiger partial charge in [-0.1, -0.05) is 0 Å². The molecule has 2 saturated heterocycles. The molecule has 1 unspecified atom stereocenters.